The first-order chi connectivity index (χ1) is 12.4. The molecule has 2 aromatic carbocycles. The second kappa shape index (κ2) is 7.47. The topological polar surface area (TPSA) is 73.9 Å². The van der Waals surface area contributed by atoms with Crippen LogP contribution in [0.25, 0.3) is 0 Å². The van der Waals surface area contributed by atoms with Crippen LogP contribution in [-0.4, -0.2) is 31.2 Å². The quantitative estimate of drug-likeness (QED) is 0.852. The SMILES string of the molecule is Cc1cc(C)cc(C(=O)O[C@@H](C)C(=O)Nc2ccc3c(c2)OCCO3)c1. The Morgan fingerprint density at radius 2 is 1.65 bits per heavy atom. The van der Waals surface area contributed by atoms with Crippen LogP contribution in [0.15, 0.2) is 36.4 Å². The highest BCUT2D eigenvalue weighted by Gasteiger charge is 2.20. The third-order valence-electron chi connectivity index (χ3n) is 3.92. The van der Waals surface area contributed by atoms with Gasteiger partial charge in [0.05, 0.1) is 5.56 Å². The molecule has 6 heteroatoms. The van der Waals surface area contributed by atoms with Crippen molar-refractivity contribution in [2.24, 2.45) is 0 Å². The Morgan fingerprint density at radius 1 is 1.00 bits per heavy atom. The smallest absolute Gasteiger partial charge is 0.338 e. The van der Waals surface area contributed by atoms with Gasteiger partial charge in [-0.2, -0.15) is 0 Å². The van der Waals surface area contributed by atoms with Gasteiger partial charge in [-0.1, -0.05) is 17.2 Å². The molecule has 2 aromatic rings. The summed E-state index contributed by atoms with van der Waals surface area (Å²) in [6.45, 7) is 6.32. The third kappa shape index (κ3) is 4.14. The average molecular weight is 355 g/mol. The van der Waals surface area contributed by atoms with E-state index < -0.39 is 18.0 Å². The number of fused-ring (bicyclic) bond motifs is 1. The minimum Gasteiger partial charge on any atom is -0.486 e. The van der Waals surface area contributed by atoms with Gasteiger partial charge in [-0.25, -0.2) is 4.79 Å². The molecule has 1 amide bonds. The molecule has 1 heterocycles. The van der Waals surface area contributed by atoms with Gasteiger partial charge >= 0.3 is 5.97 Å². The third-order valence-corrected chi connectivity index (χ3v) is 3.92. The van der Waals surface area contributed by atoms with E-state index in [0.29, 0.717) is 36.0 Å². The number of carbonyl (C=O) groups excluding carboxylic acids is 2. The zero-order valence-electron chi connectivity index (χ0n) is 15.0. The summed E-state index contributed by atoms with van der Waals surface area (Å²) in [5.74, 6) is 0.276. The maximum atomic E-state index is 12.3. The number of carbonyl (C=O) groups is 2. The Labute approximate surface area is 152 Å². The first-order valence-corrected chi connectivity index (χ1v) is 8.42. The van der Waals surface area contributed by atoms with Gasteiger partial charge in [0, 0.05) is 11.8 Å². The first-order valence-electron chi connectivity index (χ1n) is 8.42. The molecule has 3 rings (SSSR count). The Bertz CT molecular complexity index is 826. The van der Waals surface area contributed by atoms with E-state index >= 15 is 0 Å². The zero-order valence-corrected chi connectivity index (χ0v) is 15.0. The minimum atomic E-state index is -0.934. The van der Waals surface area contributed by atoms with E-state index in [9.17, 15) is 9.59 Å². The molecule has 0 saturated heterocycles. The second-order valence-corrected chi connectivity index (χ2v) is 6.27. The lowest BCUT2D eigenvalue weighted by molar-refractivity contribution is -0.123. The summed E-state index contributed by atoms with van der Waals surface area (Å²) < 4.78 is 16.2. The Kier molecular flexibility index (Phi) is 5.11. The molecule has 0 fully saturated rings. The number of esters is 1. The van der Waals surface area contributed by atoms with Crippen molar-refractivity contribution in [3.8, 4) is 11.5 Å². The van der Waals surface area contributed by atoms with Crippen LogP contribution >= 0.6 is 0 Å². The van der Waals surface area contributed by atoms with Crippen molar-refractivity contribution in [2.75, 3.05) is 18.5 Å². The maximum Gasteiger partial charge on any atom is 0.338 e. The van der Waals surface area contributed by atoms with Crippen LogP contribution in [0.3, 0.4) is 0 Å². The van der Waals surface area contributed by atoms with Gasteiger partial charge in [-0.15, -0.1) is 0 Å². The number of aryl methyl sites for hydroxylation is 2. The van der Waals surface area contributed by atoms with Gasteiger partial charge in [0.1, 0.15) is 13.2 Å². The van der Waals surface area contributed by atoms with Gasteiger partial charge < -0.3 is 19.5 Å². The van der Waals surface area contributed by atoms with E-state index in [1.807, 2.05) is 19.9 Å². The van der Waals surface area contributed by atoms with Crippen LogP contribution in [0.4, 0.5) is 5.69 Å². The van der Waals surface area contributed by atoms with Crippen molar-refractivity contribution < 1.29 is 23.8 Å². The number of nitrogens with one attached hydrogen (secondary N) is 1. The van der Waals surface area contributed by atoms with Gasteiger partial charge in [0.15, 0.2) is 17.6 Å². The molecule has 0 aromatic heterocycles. The standard InChI is InChI=1S/C20H21NO5/c1-12-8-13(2)10-15(9-12)20(23)26-14(3)19(22)21-16-4-5-17-18(11-16)25-7-6-24-17/h4-5,8-11,14H,6-7H2,1-3H3,(H,21,22)/t14-/m0/s1. The largest absolute Gasteiger partial charge is 0.486 e. The predicted octanol–water partition coefficient (Wildman–Crippen LogP) is 3.26. The number of benzene rings is 2. The summed E-state index contributed by atoms with van der Waals surface area (Å²) in [5, 5.41) is 2.72. The predicted molar refractivity (Wildman–Crippen MR) is 96.9 cm³/mol. The van der Waals surface area contributed by atoms with Gasteiger partial charge in [0.2, 0.25) is 0 Å². The second-order valence-electron chi connectivity index (χ2n) is 6.27. The summed E-state index contributed by atoms with van der Waals surface area (Å²) in [7, 11) is 0. The molecule has 0 saturated carbocycles. The minimum absolute atomic E-state index is 0.417. The molecular formula is C20H21NO5. The first kappa shape index (κ1) is 17.8. The van der Waals surface area contributed by atoms with Gasteiger partial charge in [-0.05, 0) is 45.0 Å². The fraction of sp³-hybridized carbons (Fsp3) is 0.300. The van der Waals surface area contributed by atoms with Crippen molar-refractivity contribution in [2.45, 2.75) is 26.9 Å². The summed E-state index contributed by atoms with van der Waals surface area (Å²) in [6.07, 6.45) is -0.934. The monoisotopic (exact) mass is 355 g/mol. The molecule has 1 N–H and O–H groups in total. The molecule has 1 aliphatic rings. The van der Waals surface area contributed by atoms with Gasteiger partial charge in [-0.3, -0.25) is 4.79 Å². The van der Waals surface area contributed by atoms with Crippen LogP contribution in [0, 0.1) is 13.8 Å². The van der Waals surface area contributed by atoms with Crippen molar-refractivity contribution in [1.29, 1.82) is 0 Å². The number of rotatable bonds is 4. The normalized spacial score (nSPS) is 13.7. The lowest BCUT2D eigenvalue weighted by Crippen LogP contribution is -2.30. The van der Waals surface area contributed by atoms with E-state index in [2.05, 4.69) is 5.32 Å². The highest BCUT2D eigenvalue weighted by atomic mass is 16.6. The van der Waals surface area contributed by atoms with Crippen LogP contribution < -0.4 is 14.8 Å². The summed E-state index contributed by atoms with van der Waals surface area (Å²) in [4.78, 5) is 24.6. The zero-order chi connectivity index (χ0) is 18.7. The van der Waals surface area contributed by atoms with Crippen LogP contribution in [0.5, 0.6) is 11.5 Å². The maximum absolute atomic E-state index is 12.3. The number of ether oxygens (including phenoxy) is 3. The Balaban J connectivity index is 1.63. The molecule has 0 radical (unpaired) electrons. The molecule has 0 unspecified atom stereocenters. The van der Waals surface area contributed by atoms with Crippen molar-refractivity contribution in [1.82, 2.24) is 0 Å². The molecule has 26 heavy (non-hydrogen) atoms. The van der Waals surface area contributed by atoms with Crippen molar-refractivity contribution in [3.05, 3.63) is 53.1 Å². The highest BCUT2D eigenvalue weighted by molar-refractivity contribution is 5.97. The lowest BCUT2D eigenvalue weighted by Gasteiger charge is -2.19. The van der Waals surface area contributed by atoms with E-state index in [1.54, 1.807) is 30.3 Å². The van der Waals surface area contributed by atoms with Crippen LogP contribution in [0.2, 0.25) is 0 Å². The molecule has 0 spiro atoms. The van der Waals surface area contributed by atoms with Crippen LogP contribution in [0.1, 0.15) is 28.4 Å². The summed E-state index contributed by atoms with van der Waals surface area (Å²) >= 11 is 0. The number of amides is 1. The fourth-order valence-electron chi connectivity index (χ4n) is 2.74. The van der Waals surface area contributed by atoms with Crippen molar-refractivity contribution >= 4 is 17.6 Å². The van der Waals surface area contributed by atoms with Crippen molar-refractivity contribution in [3.63, 3.8) is 0 Å². The van der Waals surface area contributed by atoms with Gasteiger partial charge in [0.25, 0.3) is 5.91 Å². The van der Waals surface area contributed by atoms with E-state index in [0.717, 1.165) is 11.1 Å². The van der Waals surface area contributed by atoms with Crippen LogP contribution in [-0.2, 0) is 9.53 Å². The number of hydrogen-bond donors (Lipinski definition) is 1. The molecule has 1 atom stereocenters. The fourth-order valence-corrected chi connectivity index (χ4v) is 2.74. The number of anilines is 1. The average Bonchev–Trinajstić information content (AvgIpc) is 2.60. The Hall–Kier alpha value is -3.02. The summed E-state index contributed by atoms with van der Waals surface area (Å²) in [5.41, 5.74) is 2.91. The molecule has 6 nitrogen and oxygen atoms in total. The molecule has 1 aliphatic heterocycles. The Morgan fingerprint density at radius 3 is 2.35 bits per heavy atom. The summed E-state index contributed by atoms with van der Waals surface area (Å²) in [6, 6.07) is 10.6. The highest BCUT2D eigenvalue weighted by Crippen LogP contribution is 2.32. The molecule has 0 aliphatic carbocycles. The molecular weight excluding hydrogens is 334 g/mol. The van der Waals surface area contributed by atoms with E-state index in [4.69, 9.17) is 14.2 Å². The molecule has 136 valence electrons. The molecule has 0 bridgehead atoms. The number of hydrogen-bond acceptors (Lipinski definition) is 5. The lowest BCUT2D eigenvalue weighted by atomic mass is 10.1. The van der Waals surface area contributed by atoms with E-state index in [-0.39, 0.29) is 0 Å². The van der Waals surface area contributed by atoms with E-state index in [1.165, 1.54) is 6.92 Å².